The molecule has 0 N–H and O–H groups in total. The summed E-state index contributed by atoms with van der Waals surface area (Å²) in [5.74, 6) is 0.957. The maximum Gasteiger partial charge on any atom is 0.0822 e. The molecule has 1 aliphatic rings. The van der Waals surface area contributed by atoms with E-state index < -0.39 is 0 Å². The molecule has 12 heavy (non-hydrogen) atoms. The average Bonchev–Trinajstić information content (AvgIpc) is 2.33. The predicted molar refractivity (Wildman–Crippen MR) is 50.6 cm³/mol. The average molecular weight is 169 g/mol. The SMILES string of the molecule is [O]CCCCC1CCCCCC1. The Balaban J connectivity index is 2.04. The van der Waals surface area contributed by atoms with Crippen molar-refractivity contribution in [1.82, 2.24) is 0 Å². The summed E-state index contributed by atoms with van der Waals surface area (Å²) in [4.78, 5) is 0. The molecule has 0 aliphatic heterocycles. The summed E-state index contributed by atoms with van der Waals surface area (Å²) >= 11 is 0. The van der Waals surface area contributed by atoms with E-state index in [1.165, 1.54) is 51.4 Å². The molecule has 0 aromatic carbocycles. The first-order chi connectivity index (χ1) is 5.93. The quantitative estimate of drug-likeness (QED) is 0.453. The van der Waals surface area contributed by atoms with Crippen LogP contribution in [0.3, 0.4) is 0 Å². The molecule has 0 spiro atoms. The van der Waals surface area contributed by atoms with Gasteiger partial charge in [0.25, 0.3) is 0 Å². The molecular formula is C11H21O. The van der Waals surface area contributed by atoms with Crippen molar-refractivity contribution >= 4 is 0 Å². The zero-order valence-corrected chi connectivity index (χ0v) is 8.06. The highest BCUT2D eigenvalue weighted by Crippen LogP contribution is 2.26. The van der Waals surface area contributed by atoms with Gasteiger partial charge in [0.15, 0.2) is 0 Å². The summed E-state index contributed by atoms with van der Waals surface area (Å²) in [6.07, 6.45) is 12.0. The first-order valence-electron chi connectivity index (χ1n) is 5.51. The minimum atomic E-state index is 0.132. The highest BCUT2D eigenvalue weighted by molar-refractivity contribution is 4.64. The van der Waals surface area contributed by atoms with Crippen LogP contribution >= 0.6 is 0 Å². The van der Waals surface area contributed by atoms with Gasteiger partial charge in [0.1, 0.15) is 0 Å². The van der Waals surface area contributed by atoms with Crippen molar-refractivity contribution in [2.45, 2.75) is 57.8 Å². The molecule has 1 nitrogen and oxygen atoms in total. The summed E-state index contributed by atoms with van der Waals surface area (Å²) in [7, 11) is 0. The van der Waals surface area contributed by atoms with Crippen LogP contribution in [0.2, 0.25) is 0 Å². The van der Waals surface area contributed by atoms with Crippen LogP contribution in [-0.2, 0) is 5.11 Å². The third-order valence-electron chi connectivity index (χ3n) is 2.98. The fourth-order valence-corrected chi connectivity index (χ4v) is 2.19. The van der Waals surface area contributed by atoms with Crippen LogP contribution in [0.25, 0.3) is 0 Å². The van der Waals surface area contributed by atoms with E-state index in [1.54, 1.807) is 0 Å². The lowest BCUT2D eigenvalue weighted by molar-refractivity contribution is 0.183. The lowest BCUT2D eigenvalue weighted by Crippen LogP contribution is -1.98. The predicted octanol–water partition coefficient (Wildman–Crippen LogP) is 3.56. The second kappa shape index (κ2) is 6.47. The molecule has 1 aliphatic carbocycles. The van der Waals surface area contributed by atoms with E-state index in [2.05, 4.69) is 0 Å². The second-order valence-corrected chi connectivity index (χ2v) is 4.06. The van der Waals surface area contributed by atoms with Gasteiger partial charge in [-0.2, -0.15) is 0 Å². The third-order valence-corrected chi connectivity index (χ3v) is 2.98. The van der Waals surface area contributed by atoms with Crippen LogP contribution < -0.4 is 0 Å². The standard InChI is InChI=1S/C11H21O/c12-10-6-5-9-11-7-3-1-2-4-8-11/h11H,1-10H2. The second-order valence-electron chi connectivity index (χ2n) is 4.06. The van der Waals surface area contributed by atoms with Gasteiger partial charge in [0.05, 0.1) is 6.61 Å². The van der Waals surface area contributed by atoms with E-state index >= 15 is 0 Å². The Labute approximate surface area is 76.2 Å². The van der Waals surface area contributed by atoms with Gasteiger partial charge in [0, 0.05) is 0 Å². The van der Waals surface area contributed by atoms with Gasteiger partial charge in [-0.15, -0.1) is 0 Å². The third kappa shape index (κ3) is 4.10. The van der Waals surface area contributed by atoms with Crippen LogP contribution in [-0.4, -0.2) is 6.61 Å². The van der Waals surface area contributed by atoms with Gasteiger partial charge in [-0.1, -0.05) is 51.4 Å². The van der Waals surface area contributed by atoms with E-state index in [9.17, 15) is 5.11 Å². The lowest BCUT2D eigenvalue weighted by Gasteiger charge is -2.12. The molecule has 0 bridgehead atoms. The van der Waals surface area contributed by atoms with Crippen molar-refractivity contribution < 1.29 is 5.11 Å². The van der Waals surface area contributed by atoms with Crippen LogP contribution in [0, 0.1) is 5.92 Å². The summed E-state index contributed by atoms with van der Waals surface area (Å²) in [6, 6.07) is 0. The van der Waals surface area contributed by atoms with Gasteiger partial charge in [-0.25, -0.2) is 5.11 Å². The Morgan fingerprint density at radius 1 is 0.917 bits per heavy atom. The van der Waals surface area contributed by atoms with Crippen molar-refractivity contribution in [3.8, 4) is 0 Å². The minimum Gasteiger partial charge on any atom is -0.237 e. The molecule has 1 heteroatoms. The van der Waals surface area contributed by atoms with E-state index in [-0.39, 0.29) is 6.61 Å². The van der Waals surface area contributed by atoms with Crippen molar-refractivity contribution in [2.75, 3.05) is 6.61 Å². The molecule has 0 atom stereocenters. The zero-order chi connectivity index (χ0) is 8.65. The normalized spacial score (nSPS) is 20.8. The largest absolute Gasteiger partial charge is 0.237 e. The summed E-state index contributed by atoms with van der Waals surface area (Å²) in [5.41, 5.74) is 0. The topological polar surface area (TPSA) is 19.9 Å². The molecule has 1 radical (unpaired) electrons. The molecule has 0 heterocycles. The minimum absolute atomic E-state index is 0.132. The first-order valence-corrected chi connectivity index (χ1v) is 5.51. The Morgan fingerprint density at radius 3 is 2.17 bits per heavy atom. The van der Waals surface area contributed by atoms with Gasteiger partial charge in [-0.05, 0) is 12.3 Å². The molecule has 0 aromatic heterocycles. The van der Waals surface area contributed by atoms with Crippen molar-refractivity contribution in [2.24, 2.45) is 5.92 Å². The zero-order valence-electron chi connectivity index (χ0n) is 8.06. The summed E-state index contributed by atoms with van der Waals surface area (Å²) in [6.45, 7) is 0.132. The van der Waals surface area contributed by atoms with Crippen LogP contribution in [0.15, 0.2) is 0 Å². The fourth-order valence-electron chi connectivity index (χ4n) is 2.19. The first kappa shape index (κ1) is 10.0. The van der Waals surface area contributed by atoms with Crippen LogP contribution in [0.1, 0.15) is 57.8 Å². The number of unbranched alkanes of at least 4 members (excludes halogenated alkanes) is 1. The Hall–Kier alpha value is -0.0400. The Kier molecular flexibility index (Phi) is 5.42. The smallest absolute Gasteiger partial charge is 0.0822 e. The van der Waals surface area contributed by atoms with Gasteiger partial charge >= 0.3 is 0 Å². The highest BCUT2D eigenvalue weighted by atomic mass is 16.2. The maximum absolute atomic E-state index is 10.2. The van der Waals surface area contributed by atoms with Crippen molar-refractivity contribution in [1.29, 1.82) is 0 Å². The fraction of sp³-hybridized carbons (Fsp3) is 1.00. The number of hydrogen-bond acceptors (Lipinski definition) is 0. The number of hydrogen-bond donors (Lipinski definition) is 0. The molecule has 1 fully saturated rings. The molecule has 0 saturated heterocycles. The monoisotopic (exact) mass is 169 g/mol. The van der Waals surface area contributed by atoms with E-state index in [0.29, 0.717) is 0 Å². The Morgan fingerprint density at radius 2 is 1.58 bits per heavy atom. The van der Waals surface area contributed by atoms with Crippen LogP contribution in [0.5, 0.6) is 0 Å². The molecule has 0 aromatic rings. The van der Waals surface area contributed by atoms with Gasteiger partial charge in [-0.3, -0.25) is 0 Å². The highest BCUT2D eigenvalue weighted by Gasteiger charge is 2.11. The van der Waals surface area contributed by atoms with Crippen molar-refractivity contribution in [3.05, 3.63) is 0 Å². The molecule has 71 valence electrons. The lowest BCUT2D eigenvalue weighted by atomic mass is 9.94. The molecule has 1 rings (SSSR count). The van der Waals surface area contributed by atoms with Crippen LogP contribution in [0.4, 0.5) is 0 Å². The van der Waals surface area contributed by atoms with Gasteiger partial charge < -0.3 is 0 Å². The summed E-state index contributed by atoms with van der Waals surface area (Å²) < 4.78 is 0. The van der Waals surface area contributed by atoms with E-state index in [0.717, 1.165) is 12.3 Å². The molecule has 0 amide bonds. The maximum atomic E-state index is 10.2. The van der Waals surface area contributed by atoms with Crippen molar-refractivity contribution in [3.63, 3.8) is 0 Å². The summed E-state index contributed by atoms with van der Waals surface area (Å²) in [5, 5.41) is 10.2. The number of rotatable bonds is 4. The molecule has 1 saturated carbocycles. The van der Waals surface area contributed by atoms with E-state index in [4.69, 9.17) is 0 Å². The van der Waals surface area contributed by atoms with E-state index in [1.807, 2.05) is 0 Å². The Bertz CT molecular complexity index is 93.2. The molecule has 0 unspecified atom stereocenters. The molecular weight excluding hydrogens is 148 g/mol. The van der Waals surface area contributed by atoms with Gasteiger partial charge in [0.2, 0.25) is 0 Å².